The number of halogens is 3. The molecule has 0 saturated carbocycles. The average molecular weight is 611 g/mol. The Kier molecular flexibility index (Phi) is 11.1. The van der Waals surface area contributed by atoms with E-state index < -0.39 is 28.5 Å². The van der Waals surface area contributed by atoms with Crippen molar-refractivity contribution >= 4 is 62.3 Å². The summed E-state index contributed by atoms with van der Waals surface area (Å²) in [7, 11) is -4.21. The van der Waals surface area contributed by atoms with E-state index >= 15 is 0 Å². The van der Waals surface area contributed by atoms with E-state index in [9.17, 15) is 18.0 Å². The van der Waals surface area contributed by atoms with Crippen molar-refractivity contribution in [1.82, 2.24) is 10.2 Å². The third-order valence-corrected chi connectivity index (χ3v) is 8.57. The van der Waals surface area contributed by atoms with Crippen molar-refractivity contribution in [2.24, 2.45) is 0 Å². The van der Waals surface area contributed by atoms with Crippen LogP contribution in [0.4, 0.5) is 5.69 Å². The number of nitrogens with one attached hydrogen (secondary N) is 1. The lowest BCUT2D eigenvalue weighted by Crippen LogP contribution is -2.51. The Morgan fingerprint density at radius 2 is 1.51 bits per heavy atom. The first-order chi connectivity index (χ1) is 18.5. The Labute approximate surface area is 244 Å². The van der Waals surface area contributed by atoms with Crippen LogP contribution in [0.1, 0.15) is 32.3 Å². The van der Waals surface area contributed by atoms with Gasteiger partial charge in [0.05, 0.1) is 10.6 Å². The van der Waals surface area contributed by atoms with Gasteiger partial charge in [0.15, 0.2) is 0 Å². The Hall–Kier alpha value is -2.78. The van der Waals surface area contributed by atoms with Gasteiger partial charge in [0.2, 0.25) is 11.8 Å². The minimum absolute atomic E-state index is 0.0470. The summed E-state index contributed by atoms with van der Waals surface area (Å²) in [4.78, 5) is 28.1. The quantitative estimate of drug-likeness (QED) is 0.248. The number of hydrogen-bond donors (Lipinski definition) is 1. The zero-order chi connectivity index (χ0) is 28.6. The van der Waals surface area contributed by atoms with Crippen molar-refractivity contribution in [3.8, 4) is 0 Å². The fourth-order valence-electron chi connectivity index (χ4n) is 3.80. The summed E-state index contributed by atoms with van der Waals surface area (Å²) < 4.78 is 28.5. The number of amides is 2. The van der Waals surface area contributed by atoms with E-state index in [1.807, 2.05) is 6.92 Å². The third-order valence-electron chi connectivity index (χ3n) is 6.04. The zero-order valence-corrected chi connectivity index (χ0v) is 24.7. The van der Waals surface area contributed by atoms with E-state index in [0.29, 0.717) is 21.6 Å². The van der Waals surface area contributed by atoms with Gasteiger partial charge >= 0.3 is 0 Å². The molecule has 0 aliphatic carbocycles. The van der Waals surface area contributed by atoms with E-state index in [4.69, 9.17) is 34.8 Å². The molecule has 39 heavy (non-hydrogen) atoms. The maximum absolute atomic E-state index is 13.9. The highest BCUT2D eigenvalue weighted by atomic mass is 35.5. The molecule has 0 bridgehead atoms. The van der Waals surface area contributed by atoms with Gasteiger partial charge in [-0.3, -0.25) is 13.9 Å². The fourth-order valence-corrected chi connectivity index (χ4v) is 5.64. The van der Waals surface area contributed by atoms with Gasteiger partial charge in [0, 0.05) is 28.2 Å². The first-order valence-electron chi connectivity index (χ1n) is 12.4. The Morgan fingerprint density at radius 1 is 0.897 bits per heavy atom. The maximum atomic E-state index is 13.9. The molecule has 0 spiro atoms. The second-order valence-corrected chi connectivity index (χ2v) is 12.1. The molecule has 1 unspecified atom stereocenters. The second kappa shape index (κ2) is 14.0. The van der Waals surface area contributed by atoms with Crippen LogP contribution in [0.25, 0.3) is 0 Å². The highest BCUT2D eigenvalue weighted by molar-refractivity contribution is 7.92. The first kappa shape index (κ1) is 30.8. The molecule has 0 heterocycles. The minimum Gasteiger partial charge on any atom is -0.354 e. The number of carbonyl (C=O) groups excluding carboxylic acids is 2. The van der Waals surface area contributed by atoms with Gasteiger partial charge in [-0.05, 0) is 73.5 Å². The first-order valence-corrected chi connectivity index (χ1v) is 15.0. The fraction of sp³-hybridized carbons (Fsp3) is 0.286. The normalized spacial score (nSPS) is 12.0. The molecule has 0 aliphatic rings. The van der Waals surface area contributed by atoms with E-state index in [-0.39, 0.29) is 23.0 Å². The Balaban J connectivity index is 1.99. The van der Waals surface area contributed by atoms with Crippen molar-refractivity contribution in [3.63, 3.8) is 0 Å². The van der Waals surface area contributed by atoms with Crippen molar-refractivity contribution in [3.05, 3.63) is 93.4 Å². The number of benzene rings is 3. The molecule has 11 heteroatoms. The van der Waals surface area contributed by atoms with Crippen LogP contribution in [-0.2, 0) is 26.2 Å². The number of unbranched alkanes of at least 4 members (excludes halogenated alkanes) is 1. The molecule has 2 amide bonds. The van der Waals surface area contributed by atoms with Crippen molar-refractivity contribution in [2.45, 2.75) is 44.2 Å². The van der Waals surface area contributed by atoms with Crippen molar-refractivity contribution in [1.29, 1.82) is 0 Å². The van der Waals surface area contributed by atoms with Crippen molar-refractivity contribution in [2.75, 3.05) is 17.4 Å². The van der Waals surface area contributed by atoms with Crippen molar-refractivity contribution < 1.29 is 18.0 Å². The molecule has 3 aromatic rings. The molecule has 3 rings (SSSR count). The monoisotopic (exact) mass is 609 g/mol. The summed E-state index contributed by atoms with van der Waals surface area (Å²) >= 11 is 18.2. The molecule has 0 aromatic heterocycles. The summed E-state index contributed by atoms with van der Waals surface area (Å²) in [6.07, 6.45) is 1.70. The molecule has 1 N–H and O–H groups in total. The van der Waals surface area contributed by atoms with Gasteiger partial charge in [-0.2, -0.15) is 0 Å². The SMILES string of the molecule is CCCCNC(=O)C(C)N(Cc1ccc(Cl)cc1)C(=O)CN(c1cccc(Cl)c1)S(=O)(=O)c1ccc(Cl)cc1. The standard InChI is InChI=1S/C28H30Cl3N3O4S/c1-3-4-16-32-28(36)20(2)33(18-21-8-10-22(29)11-9-21)27(35)19-34(25-7-5-6-24(31)17-25)39(37,38)26-14-12-23(30)13-15-26/h5-15,17,20H,3-4,16,18-19H2,1-2H3,(H,32,36). The maximum Gasteiger partial charge on any atom is 0.264 e. The van der Waals surface area contributed by atoms with E-state index in [1.54, 1.807) is 49.4 Å². The van der Waals surface area contributed by atoms with Crippen LogP contribution in [0.3, 0.4) is 0 Å². The third kappa shape index (κ3) is 8.35. The lowest BCUT2D eigenvalue weighted by atomic mass is 10.1. The average Bonchev–Trinajstić information content (AvgIpc) is 2.91. The highest BCUT2D eigenvalue weighted by Crippen LogP contribution is 2.27. The van der Waals surface area contributed by atoms with Crippen LogP contribution >= 0.6 is 34.8 Å². The van der Waals surface area contributed by atoms with Gasteiger partial charge in [0.25, 0.3) is 10.0 Å². The lowest BCUT2D eigenvalue weighted by molar-refractivity contribution is -0.139. The zero-order valence-electron chi connectivity index (χ0n) is 21.6. The molecule has 0 fully saturated rings. The summed E-state index contributed by atoms with van der Waals surface area (Å²) in [6.45, 7) is 3.61. The van der Waals surface area contributed by atoms with E-state index in [2.05, 4.69) is 5.32 Å². The molecular weight excluding hydrogens is 581 g/mol. The molecule has 208 valence electrons. The topological polar surface area (TPSA) is 86.8 Å². The van der Waals surface area contributed by atoms with Gasteiger partial charge in [-0.25, -0.2) is 8.42 Å². The van der Waals surface area contributed by atoms with Crippen LogP contribution in [0.15, 0.2) is 77.7 Å². The Bertz CT molecular complexity index is 1380. The molecular formula is C28H30Cl3N3O4S. The summed E-state index contributed by atoms with van der Waals surface area (Å²) in [5.41, 5.74) is 0.938. The minimum atomic E-state index is -4.21. The number of carbonyl (C=O) groups is 2. The number of hydrogen-bond acceptors (Lipinski definition) is 4. The van der Waals surface area contributed by atoms with Gasteiger partial charge in [-0.15, -0.1) is 0 Å². The second-order valence-electron chi connectivity index (χ2n) is 8.91. The molecule has 7 nitrogen and oxygen atoms in total. The molecule has 3 aromatic carbocycles. The van der Waals surface area contributed by atoms with Gasteiger partial charge in [0.1, 0.15) is 12.6 Å². The number of rotatable bonds is 12. The predicted octanol–water partition coefficient (Wildman–Crippen LogP) is 6.18. The van der Waals surface area contributed by atoms with Crippen LogP contribution in [0, 0.1) is 0 Å². The summed E-state index contributed by atoms with van der Waals surface area (Å²) in [5, 5.41) is 4.06. The predicted molar refractivity (Wildman–Crippen MR) is 157 cm³/mol. The number of sulfonamides is 1. The van der Waals surface area contributed by atoms with Crippen LogP contribution < -0.4 is 9.62 Å². The van der Waals surface area contributed by atoms with Crippen LogP contribution in [0.2, 0.25) is 15.1 Å². The van der Waals surface area contributed by atoms with Gasteiger partial charge in [-0.1, -0.05) is 66.3 Å². The van der Waals surface area contributed by atoms with E-state index in [1.165, 1.54) is 35.2 Å². The lowest BCUT2D eigenvalue weighted by Gasteiger charge is -2.32. The smallest absolute Gasteiger partial charge is 0.264 e. The van der Waals surface area contributed by atoms with Crippen LogP contribution in [-0.4, -0.2) is 44.3 Å². The molecule has 1 atom stereocenters. The summed E-state index contributed by atoms with van der Waals surface area (Å²) in [6, 6.07) is 17.9. The molecule has 0 saturated heterocycles. The molecule has 0 aliphatic heterocycles. The highest BCUT2D eigenvalue weighted by Gasteiger charge is 2.32. The number of nitrogens with zero attached hydrogens (tertiary/aromatic N) is 2. The number of anilines is 1. The van der Waals surface area contributed by atoms with Gasteiger partial charge < -0.3 is 10.2 Å². The largest absolute Gasteiger partial charge is 0.354 e. The molecule has 0 radical (unpaired) electrons. The van der Waals surface area contributed by atoms with E-state index in [0.717, 1.165) is 22.7 Å². The van der Waals surface area contributed by atoms with Crippen LogP contribution in [0.5, 0.6) is 0 Å². The summed E-state index contributed by atoms with van der Waals surface area (Å²) in [5.74, 6) is -0.902. The Morgan fingerprint density at radius 3 is 2.10 bits per heavy atom.